The standard InChI is InChI=1S/C12H9BrN2O3/c1-7-10(13)11(16)9(12(17)18)6-15(7)8-2-4-14-5-3-8/h2-6H,1H3,(H,17,18). The van der Waals surface area contributed by atoms with Crippen molar-refractivity contribution < 1.29 is 9.90 Å². The molecule has 0 bridgehead atoms. The summed E-state index contributed by atoms with van der Waals surface area (Å²) in [6.07, 6.45) is 4.52. The molecule has 2 aromatic heterocycles. The third-order valence-corrected chi connectivity index (χ3v) is 3.49. The van der Waals surface area contributed by atoms with Crippen molar-refractivity contribution in [3.05, 3.63) is 56.7 Å². The van der Waals surface area contributed by atoms with Crippen molar-refractivity contribution in [2.24, 2.45) is 0 Å². The number of carboxylic acids is 1. The first kappa shape index (κ1) is 12.5. The van der Waals surface area contributed by atoms with Crippen LogP contribution in [-0.2, 0) is 0 Å². The van der Waals surface area contributed by atoms with Crippen LogP contribution in [-0.4, -0.2) is 20.6 Å². The zero-order valence-electron chi connectivity index (χ0n) is 9.42. The topological polar surface area (TPSA) is 72.2 Å². The molecule has 2 rings (SSSR count). The van der Waals surface area contributed by atoms with Gasteiger partial charge in [0.2, 0.25) is 5.43 Å². The quantitative estimate of drug-likeness (QED) is 0.921. The lowest BCUT2D eigenvalue weighted by atomic mass is 10.2. The molecule has 0 fully saturated rings. The highest BCUT2D eigenvalue weighted by molar-refractivity contribution is 9.10. The fraction of sp³-hybridized carbons (Fsp3) is 0.0833. The first-order chi connectivity index (χ1) is 8.52. The lowest BCUT2D eigenvalue weighted by Gasteiger charge is -2.12. The van der Waals surface area contributed by atoms with E-state index in [-0.39, 0.29) is 10.0 Å². The van der Waals surface area contributed by atoms with E-state index in [9.17, 15) is 9.59 Å². The second-order valence-electron chi connectivity index (χ2n) is 3.65. The molecule has 2 heterocycles. The molecular weight excluding hydrogens is 300 g/mol. The van der Waals surface area contributed by atoms with E-state index in [1.165, 1.54) is 6.20 Å². The second kappa shape index (κ2) is 4.73. The van der Waals surface area contributed by atoms with Gasteiger partial charge < -0.3 is 9.67 Å². The first-order valence-corrected chi connectivity index (χ1v) is 5.87. The number of rotatable bonds is 2. The maximum atomic E-state index is 11.8. The number of nitrogens with zero attached hydrogens (tertiary/aromatic N) is 2. The minimum atomic E-state index is -1.25. The van der Waals surface area contributed by atoms with Gasteiger partial charge in [0.25, 0.3) is 0 Å². The van der Waals surface area contributed by atoms with Crippen LogP contribution in [0.1, 0.15) is 16.1 Å². The van der Waals surface area contributed by atoms with Gasteiger partial charge in [-0.3, -0.25) is 9.78 Å². The lowest BCUT2D eigenvalue weighted by Crippen LogP contribution is -2.20. The Balaban J connectivity index is 2.77. The van der Waals surface area contributed by atoms with Crippen LogP contribution in [0.2, 0.25) is 0 Å². The van der Waals surface area contributed by atoms with Crippen molar-refractivity contribution in [3.8, 4) is 5.69 Å². The Kier molecular flexibility index (Phi) is 3.29. The van der Waals surface area contributed by atoms with Crippen molar-refractivity contribution in [3.63, 3.8) is 0 Å². The van der Waals surface area contributed by atoms with Crippen LogP contribution in [0.4, 0.5) is 0 Å². The van der Waals surface area contributed by atoms with Crippen LogP contribution in [0, 0.1) is 6.92 Å². The zero-order chi connectivity index (χ0) is 13.3. The average Bonchev–Trinajstić information content (AvgIpc) is 2.37. The van der Waals surface area contributed by atoms with Gasteiger partial charge >= 0.3 is 5.97 Å². The van der Waals surface area contributed by atoms with E-state index in [0.29, 0.717) is 5.69 Å². The molecule has 1 N–H and O–H groups in total. The van der Waals surface area contributed by atoms with Crippen molar-refractivity contribution in [2.75, 3.05) is 0 Å². The molecule has 92 valence electrons. The number of carbonyl (C=O) groups is 1. The number of aromatic carboxylic acids is 1. The van der Waals surface area contributed by atoms with Gasteiger partial charge in [-0.15, -0.1) is 0 Å². The minimum Gasteiger partial charge on any atom is -0.477 e. The summed E-state index contributed by atoms with van der Waals surface area (Å²) >= 11 is 3.13. The third-order valence-electron chi connectivity index (χ3n) is 2.55. The van der Waals surface area contributed by atoms with Crippen LogP contribution in [0.3, 0.4) is 0 Å². The largest absolute Gasteiger partial charge is 0.477 e. The van der Waals surface area contributed by atoms with Crippen LogP contribution in [0.15, 0.2) is 40.0 Å². The maximum Gasteiger partial charge on any atom is 0.341 e. The van der Waals surface area contributed by atoms with Gasteiger partial charge in [0, 0.05) is 30.0 Å². The Hall–Kier alpha value is -1.95. The van der Waals surface area contributed by atoms with E-state index >= 15 is 0 Å². The molecule has 0 aromatic carbocycles. The monoisotopic (exact) mass is 308 g/mol. The number of halogens is 1. The first-order valence-electron chi connectivity index (χ1n) is 5.08. The summed E-state index contributed by atoms with van der Waals surface area (Å²) in [5.74, 6) is -1.25. The smallest absolute Gasteiger partial charge is 0.341 e. The third kappa shape index (κ3) is 2.06. The van der Waals surface area contributed by atoms with Gasteiger partial charge in [0.1, 0.15) is 5.56 Å². The number of aromatic nitrogens is 2. The summed E-state index contributed by atoms with van der Waals surface area (Å²) in [6, 6.07) is 3.46. The minimum absolute atomic E-state index is 0.249. The zero-order valence-corrected chi connectivity index (χ0v) is 11.0. The molecule has 0 aliphatic heterocycles. The molecule has 0 aliphatic rings. The molecule has 0 saturated carbocycles. The number of hydrogen-bond acceptors (Lipinski definition) is 3. The van der Waals surface area contributed by atoms with E-state index in [1.54, 1.807) is 36.0 Å². The maximum absolute atomic E-state index is 11.8. The van der Waals surface area contributed by atoms with E-state index in [0.717, 1.165) is 5.69 Å². The van der Waals surface area contributed by atoms with Crippen molar-refractivity contribution in [1.82, 2.24) is 9.55 Å². The normalized spacial score (nSPS) is 10.3. The van der Waals surface area contributed by atoms with Gasteiger partial charge in [-0.05, 0) is 35.0 Å². The van der Waals surface area contributed by atoms with Crippen LogP contribution in [0.5, 0.6) is 0 Å². The van der Waals surface area contributed by atoms with Crippen LogP contribution < -0.4 is 5.43 Å². The molecule has 0 atom stereocenters. The summed E-state index contributed by atoms with van der Waals surface area (Å²) in [5.41, 5.74) is 0.580. The molecular formula is C12H9BrN2O3. The summed E-state index contributed by atoms with van der Waals surface area (Å²) in [7, 11) is 0. The van der Waals surface area contributed by atoms with E-state index in [1.807, 2.05) is 0 Å². The summed E-state index contributed by atoms with van der Waals surface area (Å²) in [4.78, 5) is 26.7. The Bertz CT molecular complexity index is 665. The summed E-state index contributed by atoms with van der Waals surface area (Å²) in [5, 5.41) is 9.01. The van der Waals surface area contributed by atoms with Gasteiger partial charge in [-0.2, -0.15) is 0 Å². The predicted molar refractivity (Wildman–Crippen MR) is 69.2 cm³/mol. The Morgan fingerprint density at radius 2 is 2.00 bits per heavy atom. The van der Waals surface area contributed by atoms with Crippen LogP contribution in [0.25, 0.3) is 5.69 Å². The Morgan fingerprint density at radius 1 is 1.39 bits per heavy atom. The average molecular weight is 309 g/mol. The molecule has 0 radical (unpaired) electrons. The Morgan fingerprint density at radius 3 is 2.56 bits per heavy atom. The van der Waals surface area contributed by atoms with Gasteiger partial charge in [0.05, 0.1) is 4.47 Å². The highest BCUT2D eigenvalue weighted by Gasteiger charge is 2.16. The second-order valence-corrected chi connectivity index (χ2v) is 4.44. The van der Waals surface area contributed by atoms with Gasteiger partial charge in [0.15, 0.2) is 0 Å². The fourth-order valence-corrected chi connectivity index (χ4v) is 2.00. The number of pyridine rings is 2. The molecule has 0 spiro atoms. The predicted octanol–water partition coefficient (Wildman–Crippen LogP) is 2.00. The highest BCUT2D eigenvalue weighted by Crippen LogP contribution is 2.17. The molecule has 0 unspecified atom stereocenters. The number of hydrogen-bond donors (Lipinski definition) is 1. The molecule has 0 amide bonds. The molecule has 0 aliphatic carbocycles. The van der Waals surface area contributed by atoms with E-state index in [4.69, 9.17) is 5.11 Å². The van der Waals surface area contributed by atoms with E-state index in [2.05, 4.69) is 20.9 Å². The molecule has 0 saturated heterocycles. The van der Waals surface area contributed by atoms with Crippen molar-refractivity contribution in [2.45, 2.75) is 6.92 Å². The highest BCUT2D eigenvalue weighted by atomic mass is 79.9. The molecule has 18 heavy (non-hydrogen) atoms. The van der Waals surface area contributed by atoms with Crippen molar-refractivity contribution in [1.29, 1.82) is 0 Å². The SMILES string of the molecule is Cc1c(Br)c(=O)c(C(=O)O)cn1-c1ccncc1. The number of carboxylic acid groups (broad SMARTS) is 1. The van der Waals surface area contributed by atoms with Crippen molar-refractivity contribution >= 4 is 21.9 Å². The van der Waals surface area contributed by atoms with Gasteiger partial charge in [-0.25, -0.2) is 4.79 Å². The summed E-state index contributed by atoms with van der Waals surface area (Å²) in [6.45, 7) is 1.73. The molecule has 5 nitrogen and oxygen atoms in total. The lowest BCUT2D eigenvalue weighted by molar-refractivity contribution is 0.0694. The van der Waals surface area contributed by atoms with E-state index < -0.39 is 11.4 Å². The molecule has 6 heteroatoms. The van der Waals surface area contributed by atoms with Gasteiger partial charge in [-0.1, -0.05) is 0 Å². The fourth-order valence-electron chi connectivity index (χ4n) is 1.60. The summed E-state index contributed by atoms with van der Waals surface area (Å²) < 4.78 is 1.88. The Labute approximate surface area is 111 Å². The van der Waals surface area contributed by atoms with Crippen LogP contribution >= 0.6 is 15.9 Å². The molecule has 2 aromatic rings.